The van der Waals surface area contributed by atoms with Crippen molar-refractivity contribution >= 4 is 23.5 Å². The van der Waals surface area contributed by atoms with E-state index in [1.807, 2.05) is 29.2 Å². The number of urea groups is 1. The SMILES string of the molecule is CCN(CC)C(=O)N(C1CCCCC1)C1CCN(C(=O)[C@@H](Cc2ccc(Cl)cc2)N[C@H]2CC[C@@H](N)CC2)CC1C. The van der Waals surface area contributed by atoms with Crippen LogP contribution in [0.5, 0.6) is 0 Å². The van der Waals surface area contributed by atoms with Crippen LogP contribution in [0.1, 0.15) is 90.5 Å². The zero-order valence-electron chi connectivity index (χ0n) is 25.0. The molecule has 4 rings (SSSR count). The first-order valence-electron chi connectivity index (χ1n) is 15.9. The zero-order chi connectivity index (χ0) is 28.6. The predicted molar refractivity (Wildman–Crippen MR) is 163 cm³/mol. The highest BCUT2D eigenvalue weighted by Crippen LogP contribution is 2.32. The van der Waals surface area contributed by atoms with Gasteiger partial charge in [-0.3, -0.25) is 4.79 Å². The maximum absolute atomic E-state index is 14.1. The summed E-state index contributed by atoms with van der Waals surface area (Å²) in [5.41, 5.74) is 7.27. The zero-order valence-corrected chi connectivity index (χ0v) is 25.7. The van der Waals surface area contributed by atoms with Crippen LogP contribution in [0.25, 0.3) is 0 Å². The van der Waals surface area contributed by atoms with E-state index in [0.29, 0.717) is 36.6 Å². The molecule has 1 saturated heterocycles. The van der Waals surface area contributed by atoms with Crippen LogP contribution < -0.4 is 11.1 Å². The summed E-state index contributed by atoms with van der Waals surface area (Å²) < 4.78 is 0. The molecule has 0 bridgehead atoms. The summed E-state index contributed by atoms with van der Waals surface area (Å²) in [6.07, 6.45) is 11.3. The Labute approximate surface area is 247 Å². The van der Waals surface area contributed by atoms with Crippen molar-refractivity contribution < 1.29 is 9.59 Å². The molecule has 40 heavy (non-hydrogen) atoms. The van der Waals surface area contributed by atoms with Crippen LogP contribution in [0.3, 0.4) is 0 Å². The number of nitrogens with two attached hydrogens (primary N) is 1. The van der Waals surface area contributed by atoms with Gasteiger partial charge in [-0.15, -0.1) is 0 Å². The number of hydrogen-bond acceptors (Lipinski definition) is 4. The van der Waals surface area contributed by atoms with Gasteiger partial charge in [-0.05, 0) is 88.8 Å². The third-order valence-electron chi connectivity index (χ3n) is 9.61. The summed E-state index contributed by atoms with van der Waals surface area (Å²) in [4.78, 5) is 34.2. The van der Waals surface area contributed by atoms with Gasteiger partial charge in [0.25, 0.3) is 0 Å². The minimum Gasteiger partial charge on any atom is -0.341 e. The second-order valence-corrected chi connectivity index (χ2v) is 12.9. The number of likely N-dealkylation sites (tertiary alicyclic amines) is 1. The van der Waals surface area contributed by atoms with Crippen LogP contribution in [0.2, 0.25) is 5.02 Å². The number of halogens is 1. The van der Waals surface area contributed by atoms with Crippen molar-refractivity contribution in [2.45, 2.75) is 122 Å². The Kier molecular flexibility index (Phi) is 11.6. The van der Waals surface area contributed by atoms with Crippen LogP contribution in [-0.4, -0.2) is 83.0 Å². The van der Waals surface area contributed by atoms with Crippen LogP contribution >= 0.6 is 11.6 Å². The van der Waals surface area contributed by atoms with Crippen molar-refractivity contribution in [1.82, 2.24) is 20.0 Å². The lowest BCUT2D eigenvalue weighted by atomic mass is 9.87. The molecule has 3 fully saturated rings. The largest absolute Gasteiger partial charge is 0.341 e. The molecule has 7 nitrogen and oxygen atoms in total. The monoisotopic (exact) mass is 573 g/mol. The lowest BCUT2D eigenvalue weighted by Crippen LogP contribution is -2.61. The molecule has 0 spiro atoms. The van der Waals surface area contributed by atoms with Gasteiger partial charge < -0.3 is 25.8 Å². The van der Waals surface area contributed by atoms with E-state index in [9.17, 15) is 9.59 Å². The molecule has 1 aromatic rings. The summed E-state index contributed by atoms with van der Waals surface area (Å²) in [5, 5.41) is 4.44. The van der Waals surface area contributed by atoms with Crippen LogP contribution in [0, 0.1) is 5.92 Å². The minimum atomic E-state index is -0.281. The Morgan fingerprint density at radius 3 is 2.25 bits per heavy atom. The van der Waals surface area contributed by atoms with E-state index in [4.69, 9.17) is 17.3 Å². The average Bonchev–Trinajstić information content (AvgIpc) is 2.97. The summed E-state index contributed by atoms with van der Waals surface area (Å²) in [7, 11) is 0. The molecule has 3 atom stereocenters. The third kappa shape index (κ3) is 7.92. The molecule has 8 heteroatoms. The second kappa shape index (κ2) is 14.9. The number of amides is 3. The number of rotatable bonds is 9. The average molecular weight is 574 g/mol. The quantitative estimate of drug-likeness (QED) is 0.412. The van der Waals surface area contributed by atoms with Crippen LogP contribution in [-0.2, 0) is 11.2 Å². The summed E-state index contributed by atoms with van der Waals surface area (Å²) >= 11 is 6.14. The minimum absolute atomic E-state index is 0.169. The van der Waals surface area contributed by atoms with E-state index in [1.54, 1.807) is 0 Å². The molecule has 1 aromatic carbocycles. The molecular weight excluding hydrogens is 522 g/mol. The first-order valence-corrected chi connectivity index (χ1v) is 16.3. The number of piperidine rings is 1. The van der Waals surface area contributed by atoms with Gasteiger partial charge in [0, 0.05) is 55.4 Å². The molecule has 0 radical (unpaired) electrons. The van der Waals surface area contributed by atoms with E-state index in [1.165, 1.54) is 19.3 Å². The van der Waals surface area contributed by atoms with Crippen molar-refractivity contribution in [3.8, 4) is 0 Å². The normalized spacial score (nSPS) is 26.8. The van der Waals surface area contributed by atoms with Gasteiger partial charge in [0.05, 0.1) is 6.04 Å². The van der Waals surface area contributed by atoms with Gasteiger partial charge >= 0.3 is 6.03 Å². The Morgan fingerprint density at radius 2 is 1.65 bits per heavy atom. The number of benzene rings is 1. The molecule has 2 unspecified atom stereocenters. The maximum Gasteiger partial charge on any atom is 0.320 e. The Balaban J connectivity index is 1.47. The van der Waals surface area contributed by atoms with E-state index in [0.717, 1.165) is 63.6 Å². The number of nitrogens with one attached hydrogen (secondary N) is 1. The fourth-order valence-corrected chi connectivity index (χ4v) is 7.32. The topological polar surface area (TPSA) is 81.9 Å². The molecule has 1 heterocycles. The smallest absolute Gasteiger partial charge is 0.320 e. The van der Waals surface area contributed by atoms with Crippen molar-refractivity contribution in [3.05, 3.63) is 34.9 Å². The molecule has 3 amide bonds. The molecule has 0 aromatic heterocycles. The summed E-state index contributed by atoms with van der Waals surface area (Å²) in [5.74, 6) is 0.400. The van der Waals surface area contributed by atoms with Crippen LogP contribution in [0.15, 0.2) is 24.3 Å². The number of carbonyl (C=O) groups excluding carboxylic acids is 2. The van der Waals surface area contributed by atoms with Crippen molar-refractivity contribution in [3.63, 3.8) is 0 Å². The standard InChI is InChI=1S/C32H52ClN5O2/c1-4-36(5-2)32(40)38(28-9-7-6-8-10-28)30-19-20-37(22-23(30)3)31(39)29(21-24-11-13-25(33)14-12-24)35-27-17-15-26(34)16-18-27/h11-14,23,26-30,35H,4-10,15-22,34H2,1-3H3/t23?,26-,27+,29-,30?/m1/s1. The predicted octanol–water partition coefficient (Wildman–Crippen LogP) is 5.44. The first-order chi connectivity index (χ1) is 19.3. The molecule has 1 aliphatic heterocycles. The molecule has 3 aliphatic rings. The molecule has 3 N–H and O–H groups in total. The fourth-order valence-electron chi connectivity index (χ4n) is 7.20. The van der Waals surface area contributed by atoms with Crippen molar-refractivity contribution in [2.75, 3.05) is 26.2 Å². The lowest BCUT2D eigenvalue weighted by Gasteiger charge is -2.48. The van der Waals surface area contributed by atoms with Gasteiger partial charge in [-0.2, -0.15) is 0 Å². The first kappa shape index (κ1) is 31.1. The second-order valence-electron chi connectivity index (χ2n) is 12.4. The highest BCUT2D eigenvalue weighted by molar-refractivity contribution is 6.30. The molecule has 224 valence electrons. The lowest BCUT2D eigenvalue weighted by molar-refractivity contribution is -0.136. The van der Waals surface area contributed by atoms with Gasteiger partial charge in [-0.1, -0.05) is 49.9 Å². The van der Waals surface area contributed by atoms with E-state index in [2.05, 4.69) is 35.9 Å². The van der Waals surface area contributed by atoms with Crippen molar-refractivity contribution in [1.29, 1.82) is 0 Å². The highest BCUT2D eigenvalue weighted by atomic mass is 35.5. The van der Waals surface area contributed by atoms with Gasteiger partial charge in [0.15, 0.2) is 0 Å². The molecule has 2 aliphatic carbocycles. The molecular formula is C32H52ClN5O2. The third-order valence-corrected chi connectivity index (χ3v) is 9.86. The van der Waals surface area contributed by atoms with E-state index < -0.39 is 0 Å². The number of hydrogen-bond donors (Lipinski definition) is 2. The summed E-state index contributed by atoms with van der Waals surface area (Å²) in [6, 6.07) is 8.82. The number of carbonyl (C=O) groups is 2. The van der Waals surface area contributed by atoms with Crippen LogP contribution in [0.4, 0.5) is 4.79 Å². The van der Waals surface area contributed by atoms with Crippen molar-refractivity contribution in [2.24, 2.45) is 11.7 Å². The fraction of sp³-hybridized carbons (Fsp3) is 0.750. The Morgan fingerprint density at radius 1 is 1.00 bits per heavy atom. The van der Waals surface area contributed by atoms with Gasteiger partial charge in [0.1, 0.15) is 0 Å². The maximum atomic E-state index is 14.1. The Hall–Kier alpha value is -1.83. The number of nitrogens with zero attached hydrogens (tertiary/aromatic N) is 3. The highest BCUT2D eigenvalue weighted by Gasteiger charge is 2.40. The van der Waals surface area contributed by atoms with E-state index >= 15 is 0 Å². The molecule has 2 saturated carbocycles. The van der Waals surface area contributed by atoms with Gasteiger partial charge in [-0.25, -0.2) is 4.79 Å². The summed E-state index contributed by atoms with van der Waals surface area (Å²) in [6.45, 7) is 9.21. The van der Waals surface area contributed by atoms with Gasteiger partial charge in [0.2, 0.25) is 5.91 Å². The Bertz CT molecular complexity index is 941. The van der Waals surface area contributed by atoms with E-state index in [-0.39, 0.29) is 36.0 Å².